The normalized spacial score (nSPS) is 46.2. The Kier molecular flexibility index (Phi) is 4.56. The second-order valence-corrected chi connectivity index (χ2v) is 10.7. The summed E-state index contributed by atoms with van der Waals surface area (Å²) in [6.45, 7) is 5.16. The first kappa shape index (κ1) is 18.1. The van der Waals surface area contributed by atoms with Gasteiger partial charge in [-0.3, -0.25) is 0 Å². The Bertz CT molecular complexity index is 653. The summed E-state index contributed by atoms with van der Waals surface area (Å²) in [5.41, 5.74) is 1.22. The fourth-order valence-corrected chi connectivity index (χ4v) is 8.45. The molecule has 0 unspecified atom stereocenters. The highest BCUT2D eigenvalue weighted by Gasteiger charge is 2.59. The first-order valence-electron chi connectivity index (χ1n) is 11.9. The van der Waals surface area contributed by atoms with Gasteiger partial charge < -0.3 is 4.74 Å². The van der Waals surface area contributed by atoms with Gasteiger partial charge in [0.05, 0.1) is 6.10 Å². The van der Waals surface area contributed by atoms with E-state index >= 15 is 0 Å². The van der Waals surface area contributed by atoms with E-state index in [9.17, 15) is 0 Å². The third kappa shape index (κ3) is 2.87. The molecule has 0 aromatic heterocycles. The molecule has 4 fully saturated rings. The molecule has 0 spiro atoms. The monoisotopic (exact) mass is 366 g/mol. The number of para-hydroxylation sites is 1. The molecule has 148 valence electrons. The minimum absolute atomic E-state index is 0.438. The number of ether oxygens (including phenoxy) is 1. The molecule has 4 aliphatic rings. The lowest BCUT2D eigenvalue weighted by atomic mass is 9.45. The zero-order valence-corrected chi connectivity index (χ0v) is 17.5. The van der Waals surface area contributed by atoms with Crippen LogP contribution in [0, 0.1) is 34.5 Å². The van der Waals surface area contributed by atoms with Crippen LogP contribution in [0.25, 0.3) is 0 Å². The highest BCUT2D eigenvalue weighted by molar-refractivity contribution is 5.22. The van der Waals surface area contributed by atoms with Crippen LogP contribution in [-0.4, -0.2) is 6.10 Å². The number of hydrogen-bond acceptors (Lipinski definition) is 1. The van der Waals surface area contributed by atoms with Gasteiger partial charge in [0.15, 0.2) is 0 Å². The van der Waals surface area contributed by atoms with Crippen LogP contribution in [0.5, 0.6) is 5.75 Å². The van der Waals surface area contributed by atoms with E-state index in [2.05, 4.69) is 44.2 Å². The van der Waals surface area contributed by atoms with E-state index in [4.69, 9.17) is 4.74 Å². The van der Waals surface area contributed by atoms with Crippen LogP contribution in [-0.2, 0) is 0 Å². The van der Waals surface area contributed by atoms with Crippen molar-refractivity contribution >= 4 is 0 Å². The summed E-state index contributed by atoms with van der Waals surface area (Å²) in [6, 6.07) is 10.6. The first-order chi connectivity index (χ1) is 13.1. The summed E-state index contributed by atoms with van der Waals surface area (Å²) in [4.78, 5) is 0. The van der Waals surface area contributed by atoms with Gasteiger partial charge in [0.2, 0.25) is 0 Å². The van der Waals surface area contributed by atoms with Gasteiger partial charge in [0.25, 0.3) is 0 Å². The second kappa shape index (κ2) is 6.82. The highest BCUT2D eigenvalue weighted by Crippen LogP contribution is 2.67. The Labute approximate surface area is 166 Å². The van der Waals surface area contributed by atoms with Gasteiger partial charge in [-0.1, -0.05) is 51.3 Å². The van der Waals surface area contributed by atoms with E-state index in [1.807, 2.05) is 0 Å². The van der Waals surface area contributed by atoms with Crippen molar-refractivity contribution in [3.63, 3.8) is 0 Å². The standard InChI is InChI=1S/C26H38O/c1-3-26-16-14-23-22(13-12-19-9-7-8-15-25(19,23)2)24(26)17-21(18-26)27-20-10-5-4-6-11-20/h4-6,10-11,19,21-24H,3,7-9,12-18H2,1-2H3/t19-,21+,22-,23+,24+,25+,26-/m1/s1. The average molecular weight is 367 g/mol. The molecule has 4 saturated carbocycles. The van der Waals surface area contributed by atoms with Crippen molar-refractivity contribution < 1.29 is 4.74 Å². The van der Waals surface area contributed by atoms with Gasteiger partial charge in [0, 0.05) is 0 Å². The summed E-state index contributed by atoms with van der Waals surface area (Å²) in [6.07, 6.45) is 16.4. The van der Waals surface area contributed by atoms with E-state index in [0.29, 0.717) is 16.9 Å². The summed E-state index contributed by atoms with van der Waals surface area (Å²) in [5.74, 6) is 4.99. The molecule has 1 aromatic rings. The predicted octanol–water partition coefficient (Wildman–Crippen LogP) is 7.26. The Morgan fingerprint density at radius 1 is 0.963 bits per heavy atom. The fraction of sp³-hybridized carbons (Fsp3) is 0.769. The van der Waals surface area contributed by atoms with Gasteiger partial charge in [-0.05, 0) is 98.0 Å². The van der Waals surface area contributed by atoms with Crippen molar-refractivity contribution in [1.29, 1.82) is 0 Å². The van der Waals surface area contributed by atoms with Crippen LogP contribution in [0.15, 0.2) is 30.3 Å². The lowest BCUT2D eigenvalue weighted by Gasteiger charge is -2.60. The smallest absolute Gasteiger partial charge is 0.119 e. The van der Waals surface area contributed by atoms with E-state index in [1.165, 1.54) is 70.6 Å². The molecule has 0 radical (unpaired) electrons. The van der Waals surface area contributed by atoms with E-state index < -0.39 is 0 Å². The second-order valence-electron chi connectivity index (χ2n) is 10.7. The van der Waals surface area contributed by atoms with Crippen molar-refractivity contribution in [1.82, 2.24) is 0 Å². The maximum Gasteiger partial charge on any atom is 0.119 e. The first-order valence-corrected chi connectivity index (χ1v) is 11.9. The zero-order chi connectivity index (χ0) is 18.5. The lowest BCUT2D eigenvalue weighted by Crippen LogP contribution is -2.52. The van der Waals surface area contributed by atoms with Crippen molar-refractivity contribution in [2.24, 2.45) is 34.5 Å². The fourth-order valence-electron chi connectivity index (χ4n) is 8.45. The molecule has 1 heteroatoms. The molecule has 27 heavy (non-hydrogen) atoms. The van der Waals surface area contributed by atoms with Crippen LogP contribution in [0.1, 0.15) is 84.5 Å². The number of benzene rings is 1. The quantitative estimate of drug-likeness (QED) is 0.547. The number of hydrogen-bond donors (Lipinski definition) is 0. The molecule has 0 N–H and O–H groups in total. The van der Waals surface area contributed by atoms with Crippen LogP contribution < -0.4 is 4.74 Å². The van der Waals surface area contributed by atoms with Crippen molar-refractivity contribution in [2.45, 2.75) is 90.6 Å². The van der Waals surface area contributed by atoms with Gasteiger partial charge in [0.1, 0.15) is 5.75 Å². The van der Waals surface area contributed by atoms with Gasteiger partial charge in [-0.25, -0.2) is 0 Å². The van der Waals surface area contributed by atoms with Gasteiger partial charge in [-0.2, -0.15) is 0 Å². The number of fused-ring (bicyclic) bond motifs is 5. The van der Waals surface area contributed by atoms with E-state index in [-0.39, 0.29) is 0 Å². The molecule has 5 rings (SSSR count). The minimum atomic E-state index is 0.438. The molecule has 1 aromatic carbocycles. The Morgan fingerprint density at radius 2 is 1.81 bits per heavy atom. The molecule has 7 atom stereocenters. The molecule has 0 saturated heterocycles. The maximum absolute atomic E-state index is 6.51. The maximum atomic E-state index is 6.51. The molecule has 4 aliphatic carbocycles. The third-order valence-corrected chi connectivity index (χ3v) is 9.82. The highest BCUT2D eigenvalue weighted by atomic mass is 16.5. The molecule has 0 heterocycles. The Morgan fingerprint density at radius 3 is 2.63 bits per heavy atom. The van der Waals surface area contributed by atoms with Crippen molar-refractivity contribution in [3.05, 3.63) is 30.3 Å². The predicted molar refractivity (Wildman–Crippen MR) is 112 cm³/mol. The van der Waals surface area contributed by atoms with Crippen LogP contribution in [0.3, 0.4) is 0 Å². The molecular formula is C26H38O. The molecule has 0 amide bonds. The molecule has 1 nitrogen and oxygen atoms in total. The Hall–Kier alpha value is -0.980. The average Bonchev–Trinajstić information content (AvgIpc) is 3.07. The topological polar surface area (TPSA) is 9.23 Å². The number of rotatable bonds is 3. The third-order valence-electron chi connectivity index (χ3n) is 9.82. The Balaban J connectivity index is 1.38. The van der Waals surface area contributed by atoms with Crippen LogP contribution in [0.2, 0.25) is 0 Å². The van der Waals surface area contributed by atoms with Crippen molar-refractivity contribution in [2.75, 3.05) is 0 Å². The van der Waals surface area contributed by atoms with E-state index in [0.717, 1.165) is 29.4 Å². The summed E-state index contributed by atoms with van der Waals surface area (Å²) < 4.78 is 6.51. The van der Waals surface area contributed by atoms with Gasteiger partial charge in [-0.15, -0.1) is 0 Å². The van der Waals surface area contributed by atoms with E-state index in [1.54, 1.807) is 0 Å². The van der Waals surface area contributed by atoms with Crippen LogP contribution in [0.4, 0.5) is 0 Å². The van der Waals surface area contributed by atoms with Crippen molar-refractivity contribution in [3.8, 4) is 5.75 Å². The SMILES string of the molecule is CC[C@]12CC[C@H]3[C@@H](CC[C@H]4CCCC[C@@]43C)[C@@H]1C[C@H](Oc1ccccc1)C2. The molecule has 0 aliphatic heterocycles. The van der Waals surface area contributed by atoms with Crippen LogP contribution >= 0.6 is 0 Å². The summed E-state index contributed by atoms with van der Waals surface area (Å²) >= 11 is 0. The zero-order valence-electron chi connectivity index (χ0n) is 17.5. The lowest BCUT2D eigenvalue weighted by molar-refractivity contribution is -0.108. The van der Waals surface area contributed by atoms with Gasteiger partial charge >= 0.3 is 0 Å². The summed E-state index contributed by atoms with van der Waals surface area (Å²) in [5, 5.41) is 0. The molecular weight excluding hydrogens is 328 g/mol. The minimum Gasteiger partial charge on any atom is -0.490 e. The summed E-state index contributed by atoms with van der Waals surface area (Å²) in [7, 11) is 0. The largest absolute Gasteiger partial charge is 0.490 e. The molecule has 0 bridgehead atoms.